The zero-order chi connectivity index (χ0) is 12.6. The van der Waals surface area contributed by atoms with Crippen molar-refractivity contribution in [1.29, 1.82) is 0 Å². The number of hydrogen-bond acceptors (Lipinski definition) is 3. The number of anilines is 1. The molecule has 0 bridgehead atoms. The Balaban J connectivity index is 2.65. The van der Waals surface area contributed by atoms with Gasteiger partial charge in [0.1, 0.15) is 5.69 Å². The molecule has 0 N–H and O–H groups in total. The SMILES string of the molecule is CC(=O)N1CCCc2cc(Cl)cc([N+](=O)[O-])c21. The average Bonchev–Trinajstić information content (AvgIpc) is 2.26. The topological polar surface area (TPSA) is 63.5 Å². The van der Waals surface area contributed by atoms with E-state index in [0.717, 1.165) is 12.0 Å². The molecule has 0 radical (unpaired) electrons. The van der Waals surface area contributed by atoms with Crippen molar-refractivity contribution in [3.05, 3.63) is 32.8 Å². The zero-order valence-electron chi connectivity index (χ0n) is 9.27. The Kier molecular flexibility index (Phi) is 3.02. The molecule has 2 rings (SSSR count). The summed E-state index contributed by atoms with van der Waals surface area (Å²) in [5.41, 5.74) is 1.08. The Hall–Kier alpha value is -1.62. The van der Waals surface area contributed by atoms with Crippen LogP contribution in [0.1, 0.15) is 18.9 Å². The van der Waals surface area contributed by atoms with E-state index in [1.807, 2.05) is 0 Å². The van der Waals surface area contributed by atoms with E-state index in [2.05, 4.69) is 0 Å². The highest BCUT2D eigenvalue weighted by Gasteiger charge is 2.29. The largest absolute Gasteiger partial charge is 0.306 e. The first-order valence-electron chi connectivity index (χ1n) is 5.25. The summed E-state index contributed by atoms with van der Waals surface area (Å²) >= 11 is 5.85. The van der Waals surface area contributed by atoms with Crippen LogP contribution in [0.4, 0.5) is 11.4 Å². The molecular weight excluding hydrogens is 244 g/mol. The van der Waals surface area contributed by atoms with Crippen LogP contribution in [-0.2, 0) is 11.2 Å². The van der Waals surface area contributed by atoms with E-state index in [1.165, 1.54) is 17.9 Å². The Morgan fingerprint density at radius 3 is 2.82 bits per heavy atom. The molecule has 0 atom stereocenters. The maximum absolute atomic E-state index is 11.5. The van der Waals surface area contributed by atoms with Gasteiger partial charge in [-0.2, -0.15) is 0 Å². The van der Waals surface area contributed by atoms with Crippen LogP contribution >= 0.6 is 11.6 Å². The van der Waals surface area contributed by atoms with Gasteiger partial charge in [-0.3, -0.25) is 14.9 Å². The summed E-state index contributed by atoms with van der Waals surface area (Å²) in [5, 5.41) is 11.3. The predicted molar refractivity (Wildman–Crippen MR) is 64.5 cm³/mol. The fraction of sp³-hybridized carbons (Fsp3) is 0.364. The number of aryl methyl sites for hydroxylation is 1. The summed E-state index contributed by atoms with van der Waals surface area (Å²) in [6.45, 7) is 1.93. The van der Waals surface area contributed by atoms with Crippen LogP contribution in [-0.4, -0.2) is 17.4 Å². The van der Waals surface area contributed by atoms with Crippen LogP contribution in [0, 0.1) is 10.1 Å². The molecule has 1 amide bonds. The minimum Gasteiger partial charge on any atom is -0.306 e. The van der Waals surface area contributed by atoms with E-state index in [0.29, 0.717) is 23.7 Å². The molecule has 1 aromatic carbocycles. The lowest BCUT2D eigenvalue weighted by molar-refractivity contribution is -0.384. The maximum atomic E-state index is 11.5. The molecule has 0 saturated heterocycles. The quantitative estimate of drug-likeness (QED) is 0.571. The van der Waals surface area contributed by atoms with Crippen molar-refractivity contribution in [3.63, 3.8) is 0 Å². The van der Waals surface area contributed by atoms with E-state index in [1.54, 1.807) is 6.07 Å². The van der Waals surface area contributed by atoms with Crippen LogP contribution in [0.25, 0.3) is 0 Å². The molecule has 1 aromatic rings. The van der Waals surface area contributed by atoms with Gasteiger partial charge in [-0.05, 0) is 24.5 Å². The van der Waals surface area contributed by atoms with Crippen LogP contribution in [0.3, 0.4) is 0 Å². The lowest BCUT2D eigenvalue weighted by Gasteiger charge is -2.28. The van der Waals surface area contributed by atoms with Crippen molar-refractivity contribution in [2.45, 2.75) is 19.8 Å². The van der Waals surface area contributed by atoms with Gasteiger partial charge in [0.15, 0.2) is 0 Å². The number of hydrogen-bond donors (Lipinski definition) is 0. The molecule has 0 aliphatic carbocycles. The smallest absolute Gasteiger partial charge is 0.294 e. The van der Waals surface area contributed by atoms with Gasteiger partial charge in [0.05, 0.1) is 4.92 Å². The van der Waals surface area contributed by atoms with Crippen molar-refractivity contribution in [1.82, 2.24) is 0 Å². The molecule has 0 spiro atoms. The second kappa shape index (κ2) is 4.33. The monoisotopic (exact) mass is 254 g/mol. The van der Waals surface area contributed by atoms with Crippen molar-refractivity contribution in [2.75, 3.05) is 11.4 Å². The number of halogens is 1. The minimum atomic E-state index is -0.494. The molecule has 90 valence electrons. The van der Waals surface area contributed by atoms with Crippen molar-refractivity contribution < 1.29 is 9.72 Å². The van der Waals surface area contributed by atoms with Crippen LogP contribution < -0.4 is 4.90 Å². The lowest BCUT2D eigenvalue weighted by Crippen LogP contribution is -2.34. The number of carbonyl (C=O) groups is 1. The van der Waals surface area contributed by atoms with Crippen LogP contribution in [0.2, 0.25) is 5.02 Å². The van der Waals surface area contributed by atoms with E-state index in [4.69, 9.17) is 11.6 Å². The first-order chi connectivity index (χ1) is 8.00. The van der Waals surface area contributed by atoms with Crippen molar-refractivity contribution >= 4 is 28.9 Å². The third-order valence-corrected chi connectivity index (χ3v) is 3.03. The predicted octanol–water partition coefficient (Wildman–Crippen LogP) is 2.55. The molecular formula is C11H11ClN2O3. The number of nitro groups is 1. The van der Waals surface area contributed by atoms with E-state index < -0.39 is 4.92 Å². The van der Waals surface area contributed by atoms with Gasteiger partial charge in [-0.1, -0.05) is 11.6 Å². The highest BCUT2D eigenvalue weighted by atomic mass is 35.5. The zero-order valence-corrected chi connectivity index (χ0v) is 10.0. The molecule has 17 heavy (non-hydrogen) atoms. The Labute approximate surface area is 103 Å². The third-order valence-electron chi connectivity index (χ3n) is 2.81. The summed E-state index contributed by atoms with van der Waals surface area (Å²) in [5.74, 6) is -0.184. The first-order valence-corrected chi connectivity index (χ1v) is 5.63. The van der Waals surface area contributed by atoms with Crippen molar-refractivity contribution in [3.8, 4) is 0 Å². The van der Waals surface area contributed by atoms with E-state index >= 15 is 0 Å². The second-order valence-corrected chi connectivity index (χ2v) is 4.40. The van der Waals surface area contributed by atoms with Gasteiger partial charge in [0, 0.05) is 24.6 Å². The Morgan fingerprint density at radius 2 is 2.24 bits per heavy atom. The highest BCUT2D eigenvalue weighted by Crippen LogP contribution is 2.38. The van der Waals surface area contributed by atoms with Gasteiger partial charge >= 0.3 is 0 Å². The van der Waals surface area contributed by atoms with Crippen LogP contribution in [0.5, 0.6) is 0 Å². The second-order valence-electron chi connectivity index (χ2n) is 3.96. The van der Waals surface area contributed by atoms with E-state index in [-0.39, 0.29) is 11.6 Å². The van der Waals surface area contributed by atoms with Gasteiger partial charge in [-0.15, -0.1) is 0 Å². The summed E-state index contributed by atoms with van der Waals surface area (Å²) in [7, 11) is 0. The molecule has 0 aromatic heterocycles. The summed E-state index contributed by atoms with van der Waals surface area (Å²) in [6.07, 6.45) is 1.50. The van der Waals surface area contributed by atoms with Gasteiger partial charge in [0.2, 0.25) is 5.91 Å². The molecule has 0 fully saturated rings. The normalized spacial score (nSPS) is 14.4. The molecule has 5 nitrogen and oxygen atoms in total. The number of carbonyl (C=O) groups excluding carboxylic acids is 1. The number of nitro benzene ring substituents is 1. The standard InChI is InChI=1S/C11H11ClN2O3/c1-7(15)13-4-2-3-8-5-9(12)6-10(11(8)13)14(16)17/h5-6H,2-4H2,1H3. The summed E-state index contributed by atoms with van der Waals surface area (Å²) < 4.78 is 0. The highest BCUT2D eigenvalue weighted by molar-refractivity contribution is 6.31. The average molecular weight is 255 g/mol. The molecule has 0 saturated carbocycles. The van der Waals surface area contributed by atoms with Gasteiger partial charge in [-0.25, -0.2) is 0 Å². The minimum absolute atomic E-state index is 0.0950. The maximum Gasteiger partial charge on any atom is 0.294 e. The van der Waals surface area contributed by atoms with Gasteiger partial charge < -0.3 is 4.90 Å². The lowest BCUT2D eigenvalue weighted by atomic mass is 10.0. The molecule has 1 aliphatic heterocycles. The number of fused-ring (bicyclic) bond motifs is 1. The fourth-order valence-electron chi connectivity index (χ4n) is 2.14. The number of nitrogens with zero attached hydrogens (tertiary/aromatic N) is 2. The Bertz CT molecular complexity index is 502. The summed E-state index contributed by atoms with van der Waals surface area (Å²) in [6, 6.07) is 2.99. The number of rotatable bonds is 1. The molecule has 1 aliphatic rings. The molecule has 6 heteroatoms. The first kappa shape index (κ1) is 11.9. The third kappa shape index (κ3) is 2.10. The number of amides is 1. The van der Waals surface area contributed by atoms with Crippen LogP contribution in [0.15, 0.2) is 12.1 Å². The number of benzene rings is 1. The molecule has 1 heterocycles. The van der Waals surface area contributed by atoms with Crippen molar-refractivity contribution in [2.24, 2.45) is 0 Å². The summed E-state index contributed by atoms with van der Waals surface area (Å²) in [4.78, 5) is 23.5. The van der Waals surface area contributed by atoms with Gasteiger partial charge in [0.25, 0.3) is 5.69 Å². The Morgan fingerprint density at radius 1 is 1.53 bits per heavy atom. The fourth-order valence-corrected chi connectivity index (χ4v) is 2.37. The van der Waals surface area contributed by atoms with E-state index in [9.17, 15) is 14.9 Å². The molecule has 0 unspecified atom stereocenters.